The summed E-state index contributed by atoms with van der Waals surface area (Å²) in [7, 11) is 0. The van der Waals surface area contributed by atoms with Crippen molar-refractivity contribution in [1.82, 2.24) is 4.98 Å². The van der Waals surface area contributed by atoms with E-state index in [1.54, 1.807) is 25.3 Å². The number of benzene rings is 1. The van der Waals surface area contributed by atoms with Crippen molar-refractivity contribution < 1.29 is 9.53 Å². The van der Waals surface area contributed by atoms with Crippen molar-refractivity contribution in [3.63, 3.8) is 0 Å². The Balaban J connectivity index is 2.28. The van der Waals surface area contributed by atoms with E-state index in [4.69, 9.17) is 4.74 Å². The fraction of sp³-hybridized carbons (Fsp3) is 0.182. The van der Waals surface area contributed by atoms with Crippen LogP contribution < -0.4 is 5.32 Å². The van der Waals surface area contributed by atoms with Gasteiger partial charge in [-0.25, -0.2) is 4.98 Å². The second kappa shape index (κ2) is 9.37. The zero-order valence-corrected chi connectivity index (χ0v) is 15.4. The van der Waals surface area contributed by atoms with Gasteiger partial charge in [-0.15, -0.1) is 0 Å². The van der Waals surface area contributed by atoms with Crippen molar-refractivity contribution in [2.24, 2.45) is 5.92 Å². The topological polar surface area (TPSA) is 51.2 Å². The van der Waals surface area contributed by atoms with Gasteiger partial charge in [0.05, 0.1) is 5.57 Å². The summed E-state index contributed by atoms with van der Waals surface area (Å²) in [5, 5.41) is 2.79. The first-order chi connectivity index (χ1) is 12.5. The van der Waals surface area contributed by atoms with Crippen molar-refractivity contribution >= 4 is 17.5 Å². The van der Waals surface area contributed by atoms with Crippen LogP contribution in [0.15, 0.2) is 84.8 Å². The van der Waals surface area contributed by atoms with Crippen molar-refractivity contribution in [3.8, 4) is 0 Å². The lowest BCUT2D eigenvalue weighted by Gasteiger charge is -2.19. The van der Waals surface area contributed by atoms with Crippen LogP contribution in [0.2, 0.25) is 0 Å². The fourth-order valence-corrected chi connectivity index (χ4v) is 2.46. The molecule has 0 aliphatic heterocycles. The van der Waals surface area contributed by atoms with E-state index < -0.39 is 0 Å². The first-order valence-electron chi connectivity index (χ1n) is 8.51. The summed E-state index contributed by atoms with van der Waals surface area (Å²) < 4.78 is 6.02. The van der Waals surface area contributed by atoms with E-state index in [0.717, 1.165) is 5.56 Å². The van der Waals surface area contributed by atoms with Crippen molar-refractivity contribution in [2.75, 3.05) is 5.32 Å². The molecule has 0 bridgehead atoms. The smallest absolute Gasteiger partial charge is 0.255 e. The van der Waals surface area contributed by atoms with Crippen LogP contribution in [0.5, 0.6) is 0 Å². The third-order valence-electron chi connectivity index (χ3n) is 3.84. The number of pyridine rings is 1. The van der Waals surface area contributed by atoms with Gasteiger partial charge in [-0.2, -0.15) is 0 Å². The van der Waals surface area contributed by atoms with Crippen LogP contribution in [-0.4, -0.2) is 10.9 Å². The molecule has 1 aromatic heterocycles. The van der Waals surface area contributed by atoms with Crippen molar-refractivity contribution in [1.29, 1.82) is 0 Å². The molecule has 0 saturated carbocycles. The molecule has 1 atom stereocenters. The Labute approximate surface area is 154 Å². The number of aromatic nitrogens is 1. The molecule has 0 aliphatic rings. The summed E-state index contributed by atoms with van der Waals surface area (Å²) in [6.45, 7) is 9.66. The number of hydrogen-bond donors (Lipinski definition) is 1. The number of nitrogens with one attached hydrogen (secondary N) is 1. The lowest BCUT2D eigenvalue weighted by Crippen LogP contribution is -2.18. The average molecular weight is 348 g/mol. The number of anilines is 1. The van der Waals surface area contributed by atoms with Crippen molar-refractivity contribution in [3.05, 3.63) is 90.4 Å². The minimum atomic E-state index is -0.254. The molecule has 2 aromatic rings. The largest absolute Gasteiger partial charge is 0.461 e. The summed E-state index contributed by atoms with van der Waals surface area (Å²) in [4.78, 5) is 16.8. The van der Waals surface area contributed by atoms with Gasteiger partial charge in [-0.3, -0.25) is 4.79 Å². The normalized spacial score (nSPS) is 13.0. The van der Waals surface area contributed by atoms with Gasteiger partial charge in [0.25, 0.3) is 5.91 Å². The highest BCUT2D eigenvalue weighted by Gasteiger charge is 2.19. The first kappa shape index (κ1) is 19.2. The van der Waals surface area contributed by atoms with Gasteiger partial charge < -0.3 is 10.1 Å². The molecule has 4 heteroatoms. The minimum Gasteiger partial charge on any atom is -0.461 e. The number of carbonyl (C=O) groups is 1. The van der Waals surface area contributed by atoms with E-state index in [0.29, 0.717) is 22.9 Å². The molecule has 1 amide bonds. The van der Waals surface area contributed by atoms with Crippen molar-refractivity contribution in [2.45, 2.75) is 20.8 Å². The van der Waals surface area contributed by atoms with E-state index in [1.807, 2.05) is 62.4 Å². The molecular weight excluding hydrogens is 324 g/mol. The number of rotatable bonds is 7. The second-order valence-electron chi connectivity index (χ2n) is 5.86. The molecule has 2 rings (SSSR count). The van der Waals surface area contributed by atoms with E-state index in [-0.39, 0.29) is 11.8 Å². The predicted octanol–water partition coefficient (Wildman–Crippen LogP) is 5.19. The maximum Gasteiger partial charge on any atom is 0.255 e. The van der Waals surface area contributed by atoms with Crippen LogP contribution in [0.4, 0.5) is 5.82 Å². The van der Waals surface area contributed by atoms with Gasteiger partial charge in [0.2, 0.25) is 0 Å². The van der Waals surface area contributed by atoms with E-state index in [9.17, 15) is 4.79 Å². The van der Waals surface area contributed by atoms with E-state index >= 15 is 0 Å². The minimum absolute atomic E-state index is 0.0741. The highest BCUT2D eigenvalue weighted by molar-refractivity contribution is 6.03. The Hall–Kier alpha value is -3.14. The summed E-state index contributed by atoms with van der Waals surface area (Å²) in [5.41, 5.74) is 1.36. The maximum absolute atomic E-state index is 12.6. The number of amides is 1. The molecule has 0 saturated heterocycles. The number of hydrogen-bond acceptors (Lipinski definition) is 3. The fourth-order valence-electron chi connectivity index (χ4n) is 2.46. The third-order valence-corrected chi connectivity index (χ3v) is 3.84. The standard InChI is InChI=1S/C22H24N2O2/c1-5-11-16(2)21(26-18(4)19-12-7-6-8-13-19)17(3)22(25)24-20-14-9-10-15-23-20/h5-16H,4H2,1-3H3,(H,23,24,25)/b11-5-,21-17+. The van der Waals surface area contributed by atoms with Gasteiger partial charge >= 0.3 is 0 Å². The van der Waals surface area contributed by atoms with Crippen LogP contribution in [0.25, 0.3) is 5.76 Å². The molecule has 1 unspecified atom stereocenters. The van der Waals surface area contributed by atoms with Crippen LogP contribution in [0, 0.1) is 5.92 Å². The van der Waals surface area contributed by atoms with Gasteiger partial charge in [-0.1, -0.05) is 62.1 Å². The Morgan fingerprint density at radius 1 is 1.19 bits per heavy atom. The number of allylic oxidation sites excluding steroid dienone is 2. The molecule has 1 aromatic carbocycles. The zero-order valence-electron chi connectivity index (χ0n) is 15.4. The molecule has 0 radical (unpaired) electrons. The van der Waals surface area contributed by atoms with Gasteiger partial charge in [-0.05, 0) is 26.0 Å². The lowest BCUT2D eigenvalue weighted by molar-refractivity contribution is -0.113. The number of nitrogens with zero attached hydrogens (tertiary/aromatic N) is 1. The summed E-state index contributed by atoms with van der Waals surface area (Å²) in [6.07, 6.45) is 5.54. The maximum atomic E-state index is 12.6. The number of ether oxygens (including phenoxy) is 1. The molecular formula is C22H24N2O2. The first-order valence-corrected chi connectivity index (χ1v) is 8.51. The Morgan fingerprint density at radius 3 is 2.50 bits per heavy atom. The highest BCUT2D eigenvalue weighted by atomic mass is 16.5. The van der Waals surface area contributed by atoms with Gasteiger partial charge in [0, 0.05) is 17.7 Å². The quantitative estimate of drug-likeness (QED) is 0.425. The molecule has 26 heavy (non-hydrogen) atoms. The Morgan fingerprint density at radius 2 is 1.88 bits per heavy atom. The van der Waals surface area contributed by atoms with Gasteiger partial charge in [0.1, 0.15) is 17.3 Å². The van der Waals surface area contributed by atoms with Gasteiger partial charge in [0.15, 0.2) is 0 Å². The predicted molar refractivity (Wildman–Crippen MR) is 106 cm³/mol. The lowest BCUT2D eigenvalue weighted by atomic mass is 10.0. The van der Waals surface area contributed by atoms with E-state index in [1.165, 1.54) is 0 Å². The zero-order chi connectivity index (χ0) is 18.9. The number of carbonyl (C=O) groups excluding carboxylic acids is 1. The third kappa shape index (κ3) is 5.18. The molecule has 1 heterocycles. The van der Waals surface area contributed by atoms with Crippen LogP contribution in [0.1, 0.15) is 26.3 Å². The second-order valence-corrected chi connectivity index (χ2v) is 5.86. The molecule has 1 N–H and O–H groups in total. The molecule has 134 valence electrons. The molecule has 0 spiro atoms. The Kier molecular flexibility index (Phi) is 6.92. The Bertz CT molecular complexity index is 809. The van der Waals surface area contributed by atoms with Crippen LogP contribution in [-0.2, 0) is 9.53 Å². The summed E-state index contributed by atoms with van der Waals surface area (Å²) >= 11 is 0. The molecule has 0 fully saturated rings. The van der Waals surface area contributed by atoms with E-state index in [2.05, 4.69) is 16.9 Å². The molecule has 4 nitrogen and oxygen atoms in total. The summed E-state index contributed by atoms with van der Waals surface area (Å²) in [6, 6.07) is 15.0. The van der Waals surface area contributed by atoms with Crippen LogP contribution in [0.3, 0.4) is 0 Å². The monoisotopic (exact) mass is 348 g/mol. The SMILES string of the molecule is C=C(O/C(=C(\C)C(=O)Nc1ccccn1)C(C)/C=C\C)c1ccccc1. The van der Waals surface area contributed by atoms with Crippen LogP contribution >= 0.6 is 0 Å². The average Bonchev–Trinajstić information content (AvgIpc) is 2.67. The summed E-state index contributed by atoms with van der Waals surface area (Å²) in [5.74, 6) is 1.23. The highest BCUT2D eigenvalue weighted by Crippen LogP contribution is 2.26. The molecule has 0 aliphatic carbocycles.